The van der Waals surface area contributed by atoms with Gasteiger partial charge in [0, 0.05) is 34.2 Å². The number of guanidine groups is 1. The van der Waals surface area contributed by atoms with Gasteiger partial charge < -0.3 is 25.3 Å². The van der Waals surface area contributed by atoms with E-state index in [2.05, 4.69) is 27.2 Å². The molecule has 0 bridgehead atoms. The highest BCUT2D eigenvalue weighted by Crippen LogP contribution is 2.46. The van der Waals surface area contributed by atoms with Crippen LogP contribution in [0.25, 0.3) is 11.1 Å². The highest BCUT2D eigenvalue weighted by atomic mass is 35.5. The first-order valence-electron chi connectivity index (χ1n) is 22.9. The molecule has 68 heavy (non-hydrogen) atoms. The van der Waals surface area contributed by atoms with Gasteiger partial charge in [-0.05, 0) is 118 Å². The normalized spacial score (nSPS) is 15.4. The van der Waals surface area contributed by atoms with Crippen LogP contribution >= 0.6 is 11.6 Å². The summed E-state index contributed by atoms with van der Waals surface area (Å²) in [5, 5.41) is 3.18. The Morgan fingerprint density at radius 2 is 1.43 bits per heavy atom. The topological polar surface area (TPSA) is 158 Å². The number of hydrogen-bond acceptors (Lipinski definition) is 8. The third kappa shape index (κ3) is 9.57. The number of hydrogen-bond donors (Lipinski definition) is 3. The molecule has 4 N–H and O–H groups in total. The molecule has 1 heterocycles. The number of esters is 1. The number of nitrogens with two attached hydrogens (primary N) is 1. The minimum atomic E-state index is -4.16. The zero-order valence-corrected chi connectivity index (χ0v) is 40.8. The molecule has 1 unspecified atom stereocenters. The molecule has 8 rings (SSSR count). The van der Waals surface area contributed by atoms with Crippen molar-refractivity contribution in [2.75, 3.05) is 13.2 Å². The van der Waals surface area contributed by atoms with E-state index < -0.39 is 33.7 Å². The second-order valence-corrected chi connectivity index (χ2v) is 20.3. The molecular formula is C55H57ClN4O7S. The molecule has 0 aromatic heterocycles. The summed E-state index contributed by atoms with van der Waals surface area (Å²) >= 11 is 6.98. The first-order chi connectivity index (χ1) is 32.5. The predicted molar refractivity (Wildman–Crippen MR) is 267 cm³/mol. The lowest BCUT2D eigenvalue weighted by atomic mass is 9.79. The molecule has 6 aromatic carbocycles. The van der Waals surface area contributed by atoms with E-state index >= 15 is 0 Å². The molecule has 1 aliphatic heterocycles. The SMILES string of the molecule is Cc1ccc(C(OC(=O)[C@H](CCCN=C(N)NS(=O)(=O)c2c(C)c(C)c3c(c2C)CCC(C)(C)O3)NC(=O)OCC2c3ccccc3-c3ccccc32)(c2ccccc2)c2ccccc2Cl)cc1. The van der Waals surface area contributed by atoms with E-state index in [1.165, 1.54) is 0 Å². The Morgan fingerprint density at radius 1 is 0.824 bits per heavy atom. The summed E-state index contributed by atoms with van der Waals surface area (Å²) in [5.74, 6) is -0.572. The van der Waals surface area contributed by atoms with Crippen LogP contribution in [0.2, 0.25) is 5.02 Å². The second kappa shape index (κ2) is 19.5. The maximum Gasteiger partial charge on any atom is 0.407 e. The van der Waals surface area contributed by atoms with Crippen LogP contribution in [0.5, 0.6) is 5.75 Å². The molecule has 2 atom stereocenters. The number of carbonyl (C=O) groups excluding carboxylic acids is 2. The number of halogens is 1. The zero-order chi connectivity index (χ0) is 48.4. The highest BCUT2D eigenvalue weighted by molar-refractivity contribution is 7.90. The Hall–Kier alpha value is -6.63. The molecule has 13 heteroatoms. The molecule has 6 aromatic rings. The zero-order valence-electron chi connectivity index (χ0n) is 39.2. The van der Waals surface area contributed by atoms with Crippen molar-refractivity contribution in [2.45, 2.75) is 95.3 Å². The molecule has 0 fully saturated rings. The third-order valence-electron chi connectivity index (χ3n) is 13.2. The lowest BCUT2D eigenvalue weighted by Gasteiger charge is -2.37. The third-order valence-corrected chi connectivity index (χ3v) is 15.1. The van der Waals surface area contributed by atoms with Crippen LogP contribution in [-0.2, 0) is 36.3 Å². The van der Waals surface area contributed by atoms with Crippen molar-refractivity contribution in [3.8, 4) is 16.9 Å². The number of sulfonamides is 1. The summed E-state index contributed by atoms with van der Waals surface area (Å²) in [6.07, 6.45) is 0.799. The van der Waals surface area contributed by atoms with E-state index in [4.69, 9.17) is 31.5 Å². The van der Waals surface area contributed by atoms with E-state index in [9.17, 15) is 18.0 Å². The van der Waals surface area contributed by atoms with E-state index in [-0.39, 0.29) is 48.4 Å². The molecule has 0 radical (unpaired) electrons. The molecule has 2 aliphatic rings. The number of nitrogens with one attached hydrogen (secondary N) is 2. The minimum absolute atomic E-state index is 0.000902. The van der Waals surface area contributed by atoms with Gasteiger partial charge in [-0.3, -0.25) is 4.99 Å². The van der Waals surface area contributed by atoms with E-state index in [1.54, 1.807) is 26.0 Å². The van der Waals surface area contributed by atoms with Gasteiger partial charge in [-0.25, -0.2) is 22.7 Å². The smallest absolute Gasteiger partial charge is 0.407 e. The fourth-order valence-corrected chi connectivity index (χ4v) is 11.4. The van der Waals surface area contributed by atoms with Crippen LogP contribution < -0.4 is 20.5 Å². The van der Waals surface area contributed by atoms with E-state index in [0.29, 0.717) is 39.3 Å². The molecule has 11 nitrogen and oxygen atoms in total. The molecule has 352 valence electrons. The second-order valence-electron chi connectivity index (χ2n) is 18.2. The molecule has 0 saturated carbocycles. The van der Waals surface area contributed by atoms with Gasteiger partial charge in [-0.1, -0.05) is 138 Å². The standard InChI is InChI=1S/C55H57ClN4O7S/c1-34-26-28-39(29-27-34)55(38-17-8-7-9-18-38,46-23-14-15-24-47(46)56)67-51(61)48(59-53(62)65-33-45-43-21-12-10-19-41(43)42-20-11-13-22-44(42)45)25-16-32-58-52(57)60-68(63,64)50-36(3)35(2)49-40(37(50)4)30-31-54(5,6)66-49/h7-15,17-24,26-29,45,48H,16,25,30-33H2,1-6H3,(H,59,62)(H3,57,58,60)/t48-,55?/m0/s1. The fourth-order valence-electron chi connectivity index (χ4n) is 9.58. The van der Waals surface area contributed by atoms with Gasteiger partial charge in [0.2, 0.25) is 5.96 Å². The maximum atomic E-state index is 15.0. The average molecular weight is 954 g/mol. The van der Waals surface area contributed by atoms with Crippen LogP contribution in [0.1, 0.15) is 94.7 Å². The average Bonchev–Trinajstić information content (AvgIpc) is 3.64. The number of benzene rings is 6. The van der Waals surface area contributed by atoms with Crippen molar-refractivity contribution >= 4 is 39.6 Å². The van der Waals surface area contributed by atoms with Crippen LogP contribution in [0.3, 0.4) is 0 Å². The largest absolute Gasteiger partial charge is 0.487 e. The van der Waals surface area contributed by atoms with Crippen LogP contribution in [0.15, 0.2) is 137 Å². The van der Waals surface area contributed by atoms with Crippen LogP contribution in [-0.4, -0.2) is 51.2 Å². The summed E-state index contributed by atoms with van der Waals surface area (Å²) in [4.78, 5) is 33.4. The van der Waals surface area contributed by atoms with Gasteiger partial charge in [0.05, 0.1) is 4.90 Å². The van der Waals surface area contributed by atoms with Crippen molar-refractivity contribution in [3.63, 3.8) is 0 Å². The Kier molecular flexibility index (Phi) is 13.7. The summed E-state index contributed by atoms with van der Waals surface area (Å²) in [7, 11) is -4.16. The Labute approximate surface area is 404 Å². The number of ether oxygens (including phenoxy) is 3. The van der Waals surface area contributed by atoms with Crippen molar-refractivity contribution < 1.29 is 32.2 Å². The van der Waals surface area contributed by atoms with Crippen LogP contribution in [0.4, 0.5) is 4.79 Å². The number of nitrogens with zero attached hydrogens (tertiary/aromatic N) is 1. The van der Waals surface area contributed by atoms with Gasteiger partial charge in [0.15, 0.2) is 5.60 Å². The molecule has 0 saturated heterocycles. The summed E-state index contributed by atoms with van der Waals surface area (Å²) in [6, 6.07) is 39.0. The number of fused-ring (bicyclic) bond motifs is 4. The highest BCUT2D eigenvalue weighted by Gasteiger charge is 2.44. The lowest BCUT2D eigenvalue weighted by molar-refractivity contribution is -0.156. The quantitative estimate of drug-likeness (QED) is 0.0320. The van der Waals surface area contributed by atoms with Crippen molar-refractivity contribution in [2.24, 2.45) is 10.7 Å². The van der Waals surface area contributed by atoms with Gasteiger partial charge in [-0.2, -0.15) is 0 Å². The molecule has 1 amide bonds. The summed E-state index contributed by atoms with van der Waals surface area (Å²) in [5.41, 5.74) is 14.2. The lowest BCUT2D eigenvalue weighted by Crippen LogP contribution is -2.46. The fraction of sp³-hybridized carbons (Fsp3) is 0.291. The Bertz CT molecular complexity index is 2970. The van der Waals surface area contributed by atoms with Crippen molar-refractivity contribution in [1.82, 2.24) is 10.0 Å². The van der Waals surface area contributed by atoms with Crippen molar-refractivity contribution in [1.29, 1.82) is 0 Å². The number of aliphatic imine (C=N–C) groups is 1. The van der Waals surface area contributed by atoms with E-state index in [0.717, 1.165) is 51.1 Å². The van der Waals surface area contributed by atoms with Crippen LogP contribution in [0, 0.1) is 27.7 Å². The molecule has 1 aliphatic carbocycles. The van der Waals surface area contributed by atoms with Gasteiger partial charge in [-0.15, -0.1) is 0 Å². The summed E-state index contributed by atoms with van der Waals surface area (Å²) in [6.45, 7) is 11.4. The van der Waals surface area contributed by atoms with Gasteiger partial charge in [0.1, 0.15) is 24.0 Å². The molecular weight excluding hydrogens is 896 g/mol. The number of aryl methyl sites for hydroxylation is 1. The van der Waals surface area contributed by atoms with Gasteiger partial charge in [0.25, 0.3) is 10.0 Å². The number of rotatable bonds is 14. The Balaban J connectivity index is 1.06. The predicted octanol–water partition coefficient (Wildman–Crippen LogP) is 10.5. The maximum absolute atomic E-state index is 15.0. The van der Waals surface area contributed by atoms with E-state index in [1.807, 2.05) is 131 Å². The monoisotopic (exact) mass is 952 g/mol. The molecule has 0 spiro atoms. The summed E-state index contributed by atoms with van der Waals surface area (Å²) < 4.78 is 49.4. The number of amides is 1. The minimum Gasteiger partial charge on any atom is -0.487 e. The first-order valence-corrected chi connectivity index (χ1v) is 24.7. The Morgan fingerprint density at radius 3 is 2.09 bits per heavy atom. The first kappa shape index (κ1) is 47.8. The number of carbonyl (C=O) groups is 2. The van der Waals surface area contributed by atoms with Gasteiger partial charge >= 0.3 is 12.1 Å². The number of alkyl carbamates (subject to hydrolysis) is 1. The van der Waals surface area contributed by atoms with Crippen molar-refractivity contribution in [3.05, 3.63) is 188 Å².